The molecule has 5 fully saturated rings. The van der Waals surface area contributed by atoms with E-state index < -0.39 is 105 Å². The number of esters is 1. The van der Waals surface area contributed by atoms with Gasteiger partial charge in [-0.05, 0) is 174 Å². The van der Waals surface area contributed by atoms with Crippen LogP contribution in [0.5, 0.6) is 0 Å². The molecular formula is C99H161N11O21. The van der Waals surface area contributed by atoms with Crippen LogP contribution in [0.3, 0.4) is 0 Å². The van der Waals surface area contributed by atoms with Crippen LogP contribution in [0.2, 0.25) is 0 Å². The van der Waals surface area contributed by atoms with Crippen LogP contribution < -0.4 is 47.9 Å². The Morgan fingerprint density at radius 2 is 0.626 bits per heavy atom. The molecule has 11 amide bonds. The summed E-state index contributed by atoms with van der Waals surface area (Å²) in [5.74, 6) is -5.28. The Morgan fingerprint density at radius 1 is 0.351 bits per heavy atom. The van der Waals surface area contributed by atoms with E-state index in [0.717, 1.165) is 66.7 Å². The predicted octanol–water partition coefficient (Wildman–Crippen LogP) is 11.5. The van der Waals surface area contributed by atoms with E-state index in [1.165, 1.54) is 45.9 Å². The van der Waals surface area contributed by atoms with Crippen molar-refractivity contribution >= 4 is 76.6 Å². The minimum Gasteiger partial charge on any atom is -0.461 e. The summed E-state index contributed by atoms with van der Waals surface area (Å²) in [4.78, 5) is 167. The van der Waals surface area contributed by atoms with Gasteiger partial charge >= 0.3 is 5.97 Å². The van der Waals surface area contributed by atoms with Gasteiger partial charge < -0.3 is 100 Å². The Labute approximate surface area is 779 Å². The Hall–Kier alpha value is -8.24. The SMILES string of the molecule is CCC1OC(OCCCCCCNC(=O)CN(CC(=O)NCCCCCCOC2OC(CC)C(C)C(C)C2NC(C)=O)C(=O)c2cc(NC(=O)C3CCC(C(=O)OCc4ccccc4)CC3)cc(C(=O)N(CC(=O)NCCCCCCOC3OC(CC)C(C)C(C)C3NC(C)=O)CC(=O)NCCCCCCOC3OC(CC)C(C)C(C)C3NC(C)=O)c2)C(NC(C)=O)C(C)C1C. The fourth-order valence-electron chi connectivity index (χ4n) is 18.7. The zero-order valence-electron chi connectivity index (χ0n) is 81.5. The molecule has 5 aliphatic rings. The molecule has 0 radical (unpaired) electrons. The maximum Gasteiger partial charge on any atom is 0.309 e. The monoisotopic (exact) mass is 1840 g/mol. The number of carbonyl (C=O) groups is 12. The van der Waals surface area contributed by atoms with Crippen molar-refractivity contribution in [2.45, 2.75) is 345 Å². The molecule has 2 aromatic rings. The third-order valence-corrected chi connectivity index (χ3v) is 27.4. The minimum atomic E-state index is -0.861. The number of anilines is 1. The quantitative estimate of drug-likeness (QED) is 0.0219. The molecule has 9 N–H and O–H groups in total. The van der Waals surface area contributed by atoms with Gasteiger partial charge in [-0.1, -0.05) is 165 Å². The first kappa shape index (κ1) is 110. The summed E-state index contributed by atoms with van der Waals surface area (Å²) in [5.41, 5.74) is 0.408. The summed E-state index contributed by atoms with van der Waals surface area (Å²) in [6.45, 7) is 31.2. The maximum absolute atomic E-state index is 15.6. The van der Waals surface area contributed by atoms with Crippen molar-refractivity contribution in [3.8, 4) is 0 Å². The number of nitrogens with zero attached hydrogens (tertiary/aromatic N) is 2. The number of hydrogen-bond donors (Lipinski definition) is 9. The van der Waals surface area contributed by atoms with Gasteiger partial charge in [0, 0.05) is 103 Å². The molecule has 32 nitrogen and oxygen atoms in total. The topological polar surface area (TPSA) is 403 Å². The highest BCUT2D eigenvalue weighted by molar-refractivity contribution is 6.06. The highest BCUT2D eigenvalue weighted by Gasteiger charge is 2.46. The van der Waals surface area contributed by atoms with Gasteiger partial charge in [0.25, 0.3) is 11.8 Å². The molecule has 131 heavy (non-hydrogen) atoms. The van der Waals surface area contributed by atoms with Crippen molar-refractivity contribution in [1.29, 1.82) is 0 Å². The molecular weight excluding hydrogens is 1680 g/mol. The van der Waals surface area contributed by atoms with Gasteiger partial charge in [-0.2, -0.15) is 0 Å². The molecule has 20 unspecified atom stereocenters. The normalized spacial score (nSPS) is 27.1. The summed E-state index contributed by atoms with van der Waals surface area (Å²) in [6, 6.07) is 12.1. The molecule has 738 valence electrons. The highest BCUT2D eigenvalue weighted by Crippen LogP contribution is 2.38. The molecule has 4 aliphatic heterocycles. The molecule has 4 heterocycles. The third kappa shape index (κ3) is 36.5. The number of ether oxygens (including phenoxy) is 9. The van der Waals surface area contributed by atoms with E-state index in [0.29, 0.717) is 129 Å². The van der Waals surface area contributed by atoms with Crippen molar-refractivity contribution in [3.05, 3.63) is 65.2 Å². The highest BCUT2D eigenvalue weighted by atomic mass is 16.7. The van der Waals surface area contributed by atoms with Crippen LogP contribution >= 0.6 is 0 Å². The second kappa shape index (κ2) is 58.1. The fourth-order valence-corrected chi connectivity index (χ4v) is 18.7. The maximum atomic E-state index is 15.6. The second-order valence-corrected chi connectivity index (χ2v) is 37.4. The van der Waals surface area contributed by atoms with Gasteiger partial charge in [-0.25, -0.2) is 0 Å². The lowest BCUT2D eigenvalue weighted by atomic mass is 9.81. The van der Waals surface area contributed by atoms with Crippen LogP contribution in [0.15, 0.2) is 48.5 Å². The zero-order chi connectivity index (χ0) is 95.6. The smallest absolute Gasteiger partial charge is 0.309 e. The van der Waals surface area contributed by atoms with Gasteiger partial charge in [-0.3, -0.25) is 57.5 Å². The molecule has 4 saturated heterocycles. The van der Waals surface area contributed by atoms with Crippen molar-refractivity contribution < 1.29 is 100 Å². The van der Waals surface area contributed by atoms with Crippen molar-refractivity contribution in [1.82, 2.24) is 52.3 Å². The van der Waals surface area contributed by atoms with Crippen molar-refractivity contribution in [2.24, 2.45) is 59.2 Å². The first-order chi connectivity index (χ1) is 62.7. The van der Waals surface area contributed by atoms with Gasteiger partial charge in [0.15, 0.2) is 25.2 Å². The summed E-state index contributed by atoms with van der Waals surface area (Å²) in [7, 11) is 0. The molecule has 32 heteroatoms. The number of amides is 11. The van der Waals surface area contributed by atoms with Crippen molar-refractivity contribution in [3.63, 3.8) is 0 Å². The molecule has 0 bridgehead atoms. The van der Waals surface area contributed by atoms with E-state index in [1.807, 2.05) is 30.3 Å². The number of unbranched alkanes of at least 4 members (excludes halogenated alkanes) is 12. The molecule has 1 saturated carbocycles. The Bertz CT molecular complexity index is 3520. The van der Waals surface area contributed by atoms with E-state index in [1.54, 1.807) is 0 Å². The molecule has 2 aromatic carbocycles. The summed E-state index contributed by atoms with van der Waals surface area (Å²) < 4.78 is 56.2. The van der Waals surface area contributed by atoms with Crippen LogP contribution in [-0.4, -0.2) is 233 Å². The van der Waals surface area contributed by atoms with Gasteiger partial charge in [0.05, 0.1) is 54.5 Å². The third-order valence-electron chi connectivity index (χ3n) is 27.4. The zero-order valence-corrected chi connectivity index (χ0v) is 81.5. The molecule has 1 aliphatic carbocycles. The average Bonchev–Trinajstić information content (AvgIpc) is 0.825. The molecule has 20 atom stereocenters. The summed E-state index contributed by atoms with van der Waals surface area (Å²) >= 11 is 0. The number of carbonyl (C=O) groups excluding carboxylic acids is 12. The minimum absolute atomic E-state index is 0.00890. The fraction of sp³-hybridized carbons (Fsp3) is 0.758. The Morgan fingerprint density at radius 3 is 0.901 bits per heavy atom. The lowest BCUT2D eigenvalue weighted by Crippen LogP contribution is -2.57. The van der Waals surface area contributed by atoms with Gasteiger partial charge in [0.2, 0.25) is 53.2 Å². The van der Waals surface area contributed by atoms with Gasteiger partial charge in [0.1, 0.15) is 32.8 Å². The van der Waals surface area contributed by atoms with Crippen LogP contribution in [-0.2, 0) is 97.2 Å². The Kier molecular flexibility index (Phi) is 48.7. The lowest BCUT2D eigenvalue weighted by Gasteiger charge is -2.44. The second-order valence-electron chi connectivity index (χ2n) is 37.4. The standard InChI is InChI=1S/C99H161N11O21/c1-17-80-62(5)66(9)88(104-70(13)111)96(128-80)123-50-36-25-21-32-46-100-84(115)57-109(58-85(116)101-47-33-22-26-37-51-124-97-89(105-71(14)112)67(10)63(6)81(18-2)129-97)93(120)77-54-78(56-79(55-77)108-92(119)75-42-44-76(45-43-75)95(122)127-61-74-40-30-29-31-41-74)94(121)110(59-86(117)102-48-34-23-27-38-52-125-98-90(106-72(15)113)68(11)64(7)82(19-3)130-98)60-87(118)103-49-35-24-28-39-53-126-99-91(107-73(16)114)69(12)65(8)83(20-4)131-99/h29-31,40-41,54-56,62-69,75-76,80-83,88-91,96-99H,17-28,32-39,42-53,57-61H2,1-16H3,(H,100,115)(H,101,116)(H,102,117)(H,103,118)(H,104,111)(H,105,112)(H,106,113)(H,107,114)(H,108,119). The first-order valence-corrected chi connectivity index (χ1v) is 49.2. The largest absolute Gasteiger partial charge is 0.461 e. The van der Waals surface area contributed by atoms with Crippen LogP contribution in [0, 0.1) is 59.2 Å². The summed E-state index contributed by atoms with van der Waals surface area (Å²) in [6.07, 6.45) is 12.7. The van der Waals surface area contributed by atoms with Crippen LogP contribution in [0.1, 0.15) is 291 Å². The van der Waals surface area contributed by atoms with Crippen LogP contribution in [0.25, 0.3) is 0 Å². The predicted molar refractivity (Wildman–Crippen MR) is 498 cm³/mol. The summed E-state index contributed by atoms with van der Waals surface area (Å²) in [5, 5.41) is 26.8. The van der Waals surface area contributed by atoms with Crippen LogP contribution in [0.4, 0.5) is 5.69 Å². The van der Waals surface area contributed by atoms with Crippen molar-refractivity contribution in [2.75, 3.05) is 84.1 Å². The van der Waals surface area contributed by atoms with Gasteiger partial charge in [-0.15, -0.1) is 0 Å². The van der Waals surface area contributed by atoms with E-state index >= 15 is 9.59 Å². The Balaban J connectivity index is 1.09. The lowest BCUT2D eigenvalue weighted by molar-refractivity contribution is -0.236. The van der Waals surface area contributed by atoms with E-state index in [4.69, 9.17) is 42.6 Å². The average molecular weight is 1840 g/mol. The van der Waals surface area contributed by atoms with E-state index in [2.05, 4.69) is 131 Å². The molecule has 7 rings (SSSR count). The first-order valence-electron chi connectivity index (χ1n) is 49.2. The number of rotatable bonds is 55. The van der Waals surface area contributed by atoms with E-state index in [9.17, 15) is 47.9 Å². The number of benzene rings is 2. The van der Waals surface area contributed by atoms with E-state index in [-0.39, 0.29) is 175 Å². The molecule has 0 spiro atoms. The number of nitrogens with one attached hydrogen (secondary N) is 9. The molecule has 0 aromatic heterocycles. The number of hydrogen-bond acceptors (Lipinski definition) is 21.